The highest BCUT2D eigenvalue weighted by molar-refractivity contribution is 6.23. The summed E-state index contributed by atoms with van der Waals surface area (Å²) in [6, 6.07) is 0. The van der Waals surface area contributed by atoms with Crippen molar-refractivity contribution in [2.45, 2.75) is 92.8 Å². The van der Waals surface area contributed by atoms with Gasteiger partial charge in [0.25, 0.3) is 0 Å². The lowest BCUT2D eigenvalue weighted by atomic mass is 9.62. The Morgan fingerprint density at radius 1 is 1.30 bits per heavy atom. The first kappa shape index (κ1) is 23.4. The molecule has 3 rings (SSSR count). The minimum atomic E-state index is -0.947. The van der Waals surface area contributed by atoms with Crippen molar-refractivity contribution in [1.29, 1.82) is 0 Å². The summed E-state index contributed by atoms with van der Waals surface area (Å²) in [5.74, 6) is -0.484. The van der Waals surface area contributed by atoms with Gasteiger partial charge in [0.05, 0.1) is 22.7 Å². The molecule has 2 saturated carbocycles. The first-order valence-corrected chi connectivity index (χ1v) is 11.5. The maximum absolute atomic E-state index is 13.8. The average Bonchev–Trinajstić information content (AvgIpc) is 2.97. The summed E-state index contributed by atoms with van der Waals surface area (Å²) >= 11 is 0. The van der Waals surface area contributed by atoms with Gasteiger partial charge >= 0.3 is 0 Å². The molecule has 0 radical (unpaired) electrons. The van der Waals surface area contributed by atoms with E-state index in [-0.39, 0.29) is 34.7 Å². The van der Waals surface area contributed by atoms with Gasteiger partial charge in [-0.1, -0.05) is 45.4 Å². The summed E-state index contributed by atoms with van der Waals surface area (Å²) in [7, 11) is 0. The van der Waals surface area contributed by atoms with Crippen molar-refractivity contribution in [2.75, 3.05) is 0 Å². The van der Waals surface area contributed by atoms with E-state index in [4.69, 9.17) is 0 Å². The molecule has 0 aliphatic heterocycles. The standard InChI is InChI=1S/C26H40O4/c1-9-16(4)20(27)17-12-26-13-18(24(7,8)30)23(5,6)19(26)14-25(21(17)28,22(26)29)11-10-15(2)3/h10,12,16,18-19,22,29-30H,9,11,13-14H2,1-8H3/t16?,18?,19?,22?,25?,26-/m0/s1. The van der Waals surface area contributed by atoms with Crippen molar-refractivity contribution in [1.82, 2.24) is 0 Å². The summed E-state index contributed by atoms with van der Waals surface area (Å²) in [6.07, 6.45) is 5.34. The number of hydrogen-bond donors (Lipinski definition) is 2. The lowest BCUT2D eigenvalue weighted by molar-refractivity contribution is -0.137. The molecular formula is C26H40O4. The largest absolute Gasteiger partial charge is 0.391 e. The van der Waals surface area contributed by atoms with Crippen LogP contribution in [0.1, 0.15) is 81.1 Å². The molecule has 0 saturated heterocycles. The summed E-state index contributed by atoms with van der Waals surface area (Å²) < 4.78 is 0. The van der Waals surface area contributed by atoms with Crippen LogP contribution in [0.3, 0.4) is 0 Å². The van der Waals surface area contributed by atoms with Gasteiger partial charge in [0, 0.05) is 11.3 Å². The number of hydrogen-bond acceptors (Lipinski definition) is 4. The second-order valence-corrected chi connectivity index (χ2v) is 11.7. The molecule has 0 amide bonds. The van der Waals surface area contributed by atoms with E-state index in [2.05, 4.69) is 13.8 Å². The van der Waals surface area contributed by atoms with E-state index < -0.39 is 22.5 Å². The fourth-order valence-electron chi connectivity index (χ4n) is 6.97. The Morgan fingerprint density at radius 2 is 1.90 bits per heavy atom. The van der Waals surface area contributed by atoms with E-state index >= 15 is 0 Å². The van der Waals surface area contributed by atoms with Crippen LogP contribution in [0.4, 0.5) is 0 Å². The normalized spacial score (nSPS) is 38.1. The monoisotopic (exact) mass is 416 g/mol. The van der Waals surface area contributed by atoms with Gasteiger partial charge in [0.1, 0.15) is 0 Å². The molecule has 3 aliphatic carbocycles. The zero-order valence-corrected chi connectivity index (χ0v) is 20.0. The summed E-state index contributed by atoms with van der Waals surface area (Å²) in [6.45, 7) is 15.8. The zero-order chi connectivity index (χ0) is 22.9. The number of aliphatic hydroxyl groups excluding tert-OH is 1. The van der Waals surface area contributed by atoms with Crippen LogP contribution >= 0.6 is 0 Å². The number of carbonyl (C=O) groups is 2. The van der Waals surface area contributed by atoms with E-state index in [1.54, 1.807) is 0 Å². The predicted molar refractivity (Wildman–Crippen MR) is 119 cm³/mol. The van der Waals surface area contributed by atoms with Crippen LogP contribution < -0.4 is 0 Å². The minimum absolute atomic E-state index is 0.0319. The van der Waals surface area contributed by atoms with E-state index in [9.17, 15) is 19.8 Å². The number of ketones is 2. The third kappa shape index (κ3) is 3.09. The third-order valence-electron chi connectivity index (χ3n) is 8.77. The van der Waals surface area contributed by atoms with Gasteiger partial charge in [-0.05, 0) is 70.6 Å². The predicted octanol–water partition coefficient (Wildman–Crippen LogP) is 4.64. The fraction of sp³-hybridized carbons (Fsp3) is 0.769. The molecule has 0 heterocycles. The lowest BCUT2D eigenvalue weighted by Gasteiger charge is -2.43. The number of fused-ring (bicyclic) bond motifs is 1. The lowest BCUT2D eigenvalue weighted by Crippen LogP contribution is -2.51. The Balaban J connectivity index is 2.22. The molecule has 1 spiro atoms. The first-order chi connectivity index (χ1) is 13.6. The van der Waals surface area contributed by atoms with Crippen molar-refractivity contribution in [3.05, 3.63) is 23.3 Å². The molecular weight excluding hydrogens is 376 g/mol. The quantitative estimate of drug-likeness (QED) is 0.489. The van der Waals surface area contributed by atoms with E-state index in [1.165, 1.54) is 0 Å². The van der Waals surface area contributed by atoms with Gasteiger partial charge in [-0.25, -0.2) is 0 Å². The molecule has 0 aromatic carbocycles. The van der Waals surface area contributed by atoms with Gasteiger partial charge < -0.3 is 10.2 Å². The zero-order valence-electron chi connectivity index (χ0n) is 20.0. The Kier molecular flexibility index (Phi) is 5.56. The third-order valence-corrected chi connectivity index (χ3v) is 8.77. The summed E-state index contributed by atoms with van der Waals surface area (Å²) in [5, 5.41) is 22.7. The Labute approximate surface area is 181 Å². The molecule has 2 fully saturated rings. The van der Waals surface area contributed by atoms with E-state index in [1.807, 2.05) is 53.7 Å². The van der Waals surface area contributed by atoms with Gasteiger partial charge in [0.15, 0.2) is 11.6 Å². The van der Waals surface area contributed by atoms with Crippen LogP contribution in [0, 0.1) is 34.0 Å². The topological polar surface area (TPSA) is 74.6 Å². The van der Waals surface area contributed by atoms with Crippen LogP contribution in [0.2, 0.25) is 0 Å². The SMILES string of the molecule is CCC(C)C(=O)C1=C[C@]23CC(C(C)(C)O)C(C)(C)C2CC(CC=C(C)C)(C1=O)C3O. The number of aliphatic hydroxyl groups is 2. The van der Waals surface area contributed by atoms with Gasteiger partial charge in [-0.15, -0.1) is 0 Å². The molecule has 0 aromatic heterocycles. The Hall–Kier alpha value is -1.26. The van der Waals surface area contributed by atoms with Gasteiger partial charge in [-0.2, -0.15) is 0 Å². The molecule has 5 unspecified atom stereocenters. The van der Waals surface area contributed by atoms with Gasteiger partial charge in [-0.3, -0.25) is 9.59 Å². The van der Waals surface area contributed by atoms with E-state index in [0.29, 0.717) is 31.3 Å². The van der Waals surface area contributed by atoms with Gasteiger partial charge in [0.2, 0.25) is 0 Å². The number of Topliss-reactive ketones (excluding diaryl/α,β-unsaturated/α-hetero) is 2. The highest BCUT2D eigenvalue weighted by Gasteiger charge is 2.74. The second-order valence-electron chi connectivity index (χ2n) is 11.7. The Morgan fingerprint density at radius 3 is 2.40 bits per heavy atom. The molecule has 4 nitrogen and oxygen atoms in total. The highest BCUT2D eigenvalue weighted by Crippen LogP contribution is 2.73. The van der Waals surface area contributed by atoms with Crippen molar-refractivity contribution in [3.63, 3.8) is 0 Å². The van der Waals surface area contributed by atoms with E-state index in [0.717, 1.165) is 5.57 Å². The maximum Gasteiger partial charge on any atom is 0.175 e. The van der Waals surface area contributed by atoms with Crippen molar-refractivity contribution >= 4 is 11.6 Å². The molecule has 2 bridgehead atoms. The molecule has 168 valence electrons. The number of carbonyl (C=O) groups excluding carboxylic acids is 2. The number of rotatable bonds is 6. The van der Waals surface area contributed by atoms with Crippen molar-refractivity contribution in [3.8, 4) is 0 Å². The first-order valence-electron chi connectivity index (χ1n) is 11.5. The van der Waals surface area contributed by atoms with Crippen LogP contribution in [-0.4, -0.2) is 33.5 Å². The summed E-state index contributed by atoms with van der Waals surface area (Å²) in [4.78, 5) is 27.0. The maximum atomic E-state index is 13.8. The van der Waals surface area contributed by atoms with Crippen LogP contribution in [0.15, 0.2) is 23.3 Å². The smallest absolute Gasteiger partial charge is 0.175 e. The average molecular weight is 417 g/mol. The molecule has 3 aliphatic rings. The summed E-state index contributed by atoms with van der Waals surface area (Å²) in [5.41, 5.74) is -1.36. The van der Waals surface area contributed by atoms with Crippen LogP contribution in [0.25, 0.3) is 0 Å². The molecule has 4 heteroatoms. The molecule has 2 N–H and O–H groups in total. The Bertz CT molecular complexity index is 807. The fourth-order valence-corrected chi connectivity index (χ4v) is 6.97. The second kappa shape index (κ2) is 7.13. The molecule has 0 aromatic rings. The minimum Gasteiger partial charge on any atom is -0.391 e. The molecule has 6 atom stereocenters. The van der Waals surface area contributed by atoms with Crippen LogP contribution in [0.5, 0.6) is 0 Å². The van der Waals surface area contributed by atoms with Crippen molar-refractivity contribution < 1.29 is 19.8 Å². The van der Waals surface area contributed by atoms with Crippen LogP contribution in [-0.2, 0) is 9.59 Å². The highest BCUT2D eigenvalue weighted by atomic mass is 16.3. The van der Waals surface area contributed by atoms with Crippen molar-refractivity contribution in [2.24, 2.45) is 34.0 Å². The number of allylic oxidation sites excluding steroid dienone is 3. The molecule has 30 heavy (non-hydrogen) atoms.